The minimum absolute atomic E-state index is 0.940. The van der Waals surface area contributed by atoms with E-state index in [4.69, 9.17) is 9.97 Å². The summed E-state index contributed by atoms with van der Waals surface area (Å²) in [6.07, 6.45) is 0. The second-order valence-electron chi connectivity index (χ2n) is 14.6. The summed E-state index contributed by atoms with van der Waals surface area (Å²) in [6, 6.07) is 69.4. The SMILES string of the molecule is c1ccc(-c2cc(-n3c4ccccc4c4cc(-n5c6cc7sc8ccccc8c7cc6c6nc(-c7ccccc7)ccc65)ccc43)cc(-c3ccccc3)n2)cc1. The molecule has 12 rings (SSSR count). The smallest absolute Gasteiger partial charge is 0.0971 e. The Balaban J connectivity index is 1.12. The molecule has 0 aliphatic carbocycles. The van der Waals surface area contributed by atoms with Crippen LogP contribution in [0.15, 0.2) is 194 Å². The molecule has 7 aromatic carbocycles. The van der Waals surface area contributed by atoms with Gasteiger partial charge in [0.15, 0.2) is 0 Å². The van der Waals surface area contributed by atoms with Crippen molar-refractivity contribution in [2.24, 2.45) is 0 Å². The van der Waals surface area contributed by atoms with E-state index in [0.717, 1.165) is 78.1 Å². The molecule has 57 heavy (non-hydrogen) atoms. The number of hydrogen-bond donors (Lipinski definition) is 0. The van der Waals surface area contributed by atoms with Crippen molar-refractivity contribution in [1.82, 2.24) is 19.1 Å². The third-order valence-electron chi connectivity index (χ3n) is 11.3. The Kier molecular flexibility index (Phi) is 7.06. The first kappa shape index (κ1) is 32.0. The number of rotatable bonds is 5. The molecule has 0 amide bonds. The minimum Gasteiger partial charge on any atom is -0.309 e. The summed E-state index contributed by atoms with van der Waals surface area (Å²) in [7, 11) is 0. The van der Waals surface area contributed by atoms with Crippen molar-refractivity contribution in [3.63, 3.8) is 0 Å². The van der Waals surface area contributed by atoms with Crippen LogP contribution in [0.5, 0.6) is 0 Å². The zero-order valence-corrected chi connectivity index (χ0v) is 31.5. The van der Waals surface area contributed by atoms with Crippen LogP contribution < -0.4 is 0 Å². The summed E-state index contributed by atoms with van der Waals surface area (Å²) >= 11 is 1.85. The van der Waals surface area contributed by atoms with Crippen LogP contribution in [-0.2, 0) is 0 Å². The van der Waals surface area contributed by atoms with E-state index in [1.807, 2.05) is 11.3 Å². The molecule has 5 heteroatoms. The zero-order valence-electron chi connectivity index (χ0n) is 30.7. The first-order chi connectivity index (χ1) is 28.2. The first-order valence-corrected chi connectivity index (χ1v) is 20.1. The Labute approximate surface area is 332 Å². The molecule has 0 aliphatic heterocycles. The van der Waals surface area contributed by atoms with Crippen LogP contribution in [0.2, 0.25) is 0 Å². The van der Waals surface area contributed by atoms with Crippen molar-refractivity contribution in [3.8, 4) is 45.1 Å². The number of nitrogens with zero attached hydrogens (tertiary/aromatic N) is 4. The van der Waals surface area contributed by atoms with Gasteiger partial charge in [-0.1, -0.05) is 127 Å². The second kappa shape index (κ2) is 12.6. The lowest BCUT2D eigenvalue weighted by Crippen LogP contribution is -1.99. The minimum atomic E-state index is 0.940. The first-order valence-electron chi connectivity index (χ1n) is 19.2. The van der Waals surface area contributed by atoms with E-state index >= 15 is 0 Å². The Morgan fingerprint density at radius 3 is 1.61 bits per heavy atom. The number of para-hydroxylation sites is 1. The fourth-order valence-corrected chi connectivity index (χ4v) is 9.80. The van der Waals surface area contributed by atoms with Gasteiger partial charge < -0.3 is 9.13 Å². The molecule has 266 valence electrons. The number of fused-ring (bicyclic) bond motifs is 9. The van der Waals surface area contributed by atoms with Gasteiger partial charge in [0.1, 0.15) is 0 Å². The maximum Gasteiger partial charge on any atom is 0.0971 e. The van der Waals surface area contributed by atoms with E-state index in [1.54, 1.807) is 0 Å². The highest BCUT2D eigenvalue weighted by atomic mass is 32.1. The molecule has 12 aromatic rings. The Hall–Kier alpha value is -7.34. The zero-order chi connectivity index (χ0) is 37.5. The highest BCUT2D eigenvalue weighted by molar-refractivity contribution is 7.25. The summed E-state index contributed by atoms with van der Waals surface area (Å²) in [4.78, 5) is 10.6. The van der Waals surface area contributed by atoms with Gasteiger partial charge in [0.25, 0.3) is 0 Å². The highest BCUT2D eigenvalue weighted by Crippen LogP contribution is 2.42. The highest BCUT2D eigenvalue weighted by Gasteiger charge is 2.20. The summed E-state index contributed by atoms with van der Waals surface area (Å²) in [5, 5.41) is 6.10. The predicted molar refractivity (Wildman–Crippen MR) is 240 cm³/mol. The van der Waals surface area contributed by atoms with Gasteiger partial charge in [-0.2, -0.15) is 0 Å². The van der Waals surface area contributed by atoms with E-state index in [2.05, 4.69) is 203 Å². The van der Waals surface area contributed by atoms with Gasteiger partial charge >= 0.3 is 0 Å². The molecular formula is C52H32N4S. The lowest BCUT2D eigenvalue weighted by atomic mass is 10.1. The largest absolute Gasteiger partial charge is 0.309 e. The van der Waals surface area contributed by atoms with Gasteiger partial charge in [-0.3, -0.25) is 0 Å². The summed E-state index contributed by atoms with van der Waals surface area (Å²) in [6.45, 7) is 0. The molecular weight excluding hydrogens is 713 g/mol. The summed E-state index contributed by atoms with van der Waals surface area (Å²) in [5.41, 5.74) is 13.8. The van der Waals surface area contributed by atoms with Crippen molar-refractivity contribution < 1.29 is 0 Å². The monoisotopic (exact) mass is 744 g/mol. The molecule has 0 saturated carbocycles. The number of aromatic nitrogens is 4. The fraction of sp³-hybridized carbons (Fsp3) is 0. The van der Waals surface area contributed by atoms with Gasteiger partial charge in [-0.05, 0) is 66.7 Å². The summed E-state index contributed by atoms with van der Waals surface area (Å²) < 4.78 is 7.38. The molecule has 0 radical (unpaired) electrons. The average molecular weight is 745 g/mol. The van der Waals surface area contributed by atoms with Crippen molar-refractivity contribution in [2.75, 3.05) is 0 Å². The van der Waals surface area contributed by atoms with Crippen molar-refractivity contribution in [1.29, 1.82) is 0 Å². The van der Waals surface area contributed by atoms with Crippen molar-refractivity contribution in [3.05, 3.63) is 194 Å². The van der Waals surface area contributed by atoms with Gasteiger partial charge in [-0.15, -0.1) is 11.3 Å². The van der Waals surface area contributed by atoms with Crippen LogP contribution in [0.3, 0.4) is 0 Å². The fourth-order valence-electron chi connectivity index (χ4n) is 8.68. The maximum atomic E-state index is 5.39. The van der Waals surface area contributed by atoms with Crippen molar-refractivity contribution in [2.45, 2.75) is 0 Å². The standard InChI is InChI=1S/C52H32N4S/c1-4-14-33(15-5-1)43-25-27-48-52(54-43)42-31-41-39-21-11-13-23-50(39)57-51(41)32-49(42)55(48)36-24-26-47-40(28-36)38-20-10-12-22-46(38)56(47)37-29-44(34-16-6-2-7-17-34)53-45(30-37)35-18-8-3-9-19-35/h1-32H. The van der Waals surface area contributed by atoms with Gasteiger partial charge in [0, 0.05) is 58.7 Å². The van der Waals surface area contributed by atoms with E-state index in [-0.39, 0.29) is 0 Å². The lowest BCUT2D eigenvalue weighted by molar-refractivity contribution is 1.15. The Bertz CT molecular complexity index is 3450. The number of hydrogen-bond acceptors (Lipinski definition) is 3. The van der Waals surface area contributed by atoms with Crippen LogP contribution in [-0.4, -0.2) is 19.1 Å². The topological polar surface area (TPSA) is 35.6 Å². The van der Waals surface area contributed by atoms with Gasteiger partial charge in [0.2, 0.25) is 0 Å². The van der Waals surface area contributed by atoms with Crippen LogP contribution in [0.4, 0.5) is 0 Å². The molecule has 0 bridgehead atoms. The number of benzene rings is 7. The predicted octanol–water partition coefficient (Wildman–Crippen LogP) is 14.0. The van der Waals surface area contributed by atoms with Crippen LogP contribution in [0, 0.1) is 0 Å². The van der Waals surface area contributed by atoms with Gasteiger partial charge in [0.05, 0.1) is 50.4 Å². The van der Waals surface area contributed by atoms with Crippen LogP contribution in [0.1, 0.15) is 0 Å². The van der Waals surface area contributed by atoms with Crippen LogP contribution >= 0.6 is 11.3 Å². The Morgan fingerprint density at radius 1 is 0.316 bits per heavy atom. The average Bonchev–Trinajstić information content (AvgIpc) is 3.93. The molecule has 0 atom stereocenters. The number of thiophene rings is 1. The second-order valence-corrected chi connectivity index (χ2v) is 15.7. The molecule has 0 spiro atoms. The van der Waals surface area contributed by atoms with E-state index in [9.17, 15) is 0 Å². The molecule has 5 aromatic heterocycles. The van der Waals surface area contributed by atoms with Gasteiger partial charge in [-0.25, -0.2) is 9.97 Å². The Morgan fingerprint density at radius 2 is 0.895 bits per heavy atom. The lowest BCUT2D eigenvalue weighted by Gasteiger charge is -2.14. The number of pyridine rings is 2. The third kappa shape index (κ3) is 5.06. The maximum absolute atomic E-state index is 5.39. The van der Waals surface area contributed by atoms with Crippen LogP contribution in [0.25, 0.3) is 109 Å². The third-order valence-corrected chi connectivity index (χ3v) is 12.4. The normalized spacial score (nSPS) is 11.9. The molecule has 0 unspecified atom stereocenters. The molecule has 0 fully saturated rings. The van der Waals surface area contributed by atoms with Crippen molar-refractivity contribution >= 4 is 75.3 Å². The molecule has 5 heterocycles. The summed E-state index contributed by atoms with van der Waals surface area (Å²) in [5.74, 6) is 0. The quantitative estimate of drug-likeness (QED) is 0.176. The molecule has 0 aliphatic rings. The molecule has 0 N–H and O–H groups in total. The van der Waals surface area contributed by atoms with E-state index in [1.165, 1.54) is 30.9 Å². The molecule has 4 nitrogen and oxygen atoms in total. The van der Waals surface area contributed by atoms with E-state index < -0.39 is 0 Å². The molecule has 0 saturated heterocycles. The van der Waals surface area contributed by atoms with E-state index in [0.29, 0.717) is 0 Å².